The summed E-state index contributed by atoms with van der Waals surface area (Å²) in [5, 5.41) is 13.5. The van der Waals surface area contributed by atoms with Crippen LogP contribution in [0.2, 0.25) is 0 Å². The molecule has 0 aromatic heterocycles. The minimum absolute atomic E-state index is 0.0289. The molecule has 0 saturated heterocycles. The van der Waals surface area contributed by atoms with Crippen LogP contribution in [-0.2, 0) is 0 Å². The zero-order chi connectivity index (χ0) is 12.4. The van der Waals surface area contributed by atoms with E-state index in [9.17, 15) is 0 Å². The third-order valence-corrected chi connectivity index (χ3v) is 3.08. The predicted octanol–water partition coefficient (Wildman–Crippen LogP) is 3.36. The van der Waals surface area contributed by atoms with Gasteiger partial charge in [-0.25, -0.2) is 0 Å². The highest BCUT2D eigenvalue weighted by Gasteiger charge is 2.06. The van der Waals surface area contributed by atoms with E-state index in [1.165, 1.54) is 10.8 Å². The summed E-state index contributed by atoms with van der Waals surface area (Å²) in [4.78, 5) is 0. The van der Waals surface area contributed by atoms with Gasteiger partial charge in [0.15, 0.2) is 0 Å². The lowest BCUT2D eigenvalue weighted by Gasteiger charge is -2.11. The fourth-order valence-electron chi connectivity index (χ4n) is 2.30. The van der Waals surface area contributed by atoms with Gasteiger partial charge >= 0.3 is 0 Å². The molecule has 1 N–H and O–H groups in total. The number of hydrogen-bond donors (Lipinski definition) is 1. The molecule has 3 aromatic carbocycles. The highest BCUT2D eigenvalue weighted by molar-refractivity contribution is 6.10. The van der Waals surface area contributed by atoms with Crippen molar-refractivity contribution in [3.8, 4) is 5.75 Å². The number of aliphatic hydroxyl groups is 1. The molecule has 90 valence electrons. The lowest BCUT2D eigenvalue weighted by Crippen LogP contribution is -2.02. The van der Waals surface area contributed by atoms with Crippen molar-refractivity contribution in [1.82, 2.24) is 0 Å². The van der Waals surface area contributed by atoms with Crippen LogP contribution in [-0.4, -0.2) is 18.3 Å². The Labute approximate surface area is 105 Å². The molecule has 0 radical (unpaired) electrons. The summed E-state index contributed by atoms with van der Waals surface area (Å²) in [5.41, 5.74) is 0. The van der Waals surface area contributed by atoms with Gasteiger partial charge in [0.25, 0.3) is 0 Å². The van der Waals surface area contributed by atoms with Crippen LogP contribution in [0.3, 0.4) is 0 Å². The van der Waals surface area contributed by atoms with Crippen LogP contribution in [0.1, 0.15) is 0 Å². The highest BCUT2D eigenvalue weighted by Crippen LogP contribution is 2.33. The molecule has 2 heteroatoms. The summed E-state index contributed by atoms with van der Waals surface area (Å²) >= 11 is 0. The van der Waals surface area contributed by atoms with Gasteiger partial charge in [0.1, 0.15) is 12.4 Å². The predicted molar refractivity (Wildman–Crippen MR) is 74.0 cm³/mol. The molecular weight excluding hydrogens is 224 g/mol. The Morgan fingerprint density at radius 2 is 1.50 bits per heavy atom. The van der Waals surface area contributed by atoms with Gasteiger partial charge in [-0.15, -0.1) is 0 Å². The number of hydrogen-bond acceptors (Lipinski definition) is 2. The van der Waals surface area contributed by atoms with Gasteiger partial charge in [0, 0.05) is 5.39 Å². The Kier molecular flexibility index (Phi) is 2.87. The first-order valence-corrected chi connectivity index (χ1v) is 6.04. The quantitative estimate of drug-likeness (QED) is 0.709. The molecule has 0 aliphatic rings. The molecule has 3 rings (SSSR count). The molecule has 0 heterocycles. The molecule has 0 fully saturated rings. The number of fused-ring (bicyclic) bond motifs is 3. The molecule has 0 bridgehead atoms. The van der Waals surface area contributed by atoms with Crippen molar-refractivity contribution >= 4 is 21.5 Å². The first-order valence-electron chi connectivity index (χ1n) is 6.04. The molecule has 0 saturated carbocycles. The third-order valence-electron chi connectivity index (χ3n) is 3.08. The summed E-state index contributed by atoms with van der Waals surface area (Å²) in [7, 11) is 0. The lowest BCUT2D eigenvalue weighted by molar-refractivity contribution is 0.203. The Bertz CT molecular complexity index is 689. The largest absolute Gasteiger partial charge is 0.491 e. The number of ether oxygens (including phenoxy) is 1. The number of aliphatic hydroxyl groups excluding tert-OH is 1. The molecule has 0 amide bonds. The van der Waals surface area contributed by atoms with Gasteiger partial charge in [0.05, 0.1) is 6.61 Å². The van der Waals surface area contributed by atoms with E-state index in [1.54, 1.807) is 0 Å². The van der Waals surface area contributed by atoms with Crippen LogP contribution in [0.15, 0.2) is 54.6 Å². The summed E-state index contributed by atoms with van der Waals surface area (Å²) in [6.07, 6.45) is 0. The van der Waals surface area contributed by atoms with E-state index in [0.29, 0.717) is 6.61 Å². The summed E-state index contributed by atoms with van der Waals surface area (Å²) < 4.78 is 5.63. The second-order valence-corrected chi connectivity index (χ2v) is 4.21. The van der Waals surface area contributed by atoms with E-state index in [1.807, 2.05) is 30.3 Å². The highest BCUT2D eigenvalue weighted by atomic mass is 16.5. The van der Waals surface area contributed by atoms with Crippen molar-refractivity contribution in [2.24, 2.45) is 0 Å². The normalized spacial score (nSPS) is 10.9. The van der Waals surface area contributed by atoms with Gasteiger partial charge in [-0.1, -0.05) is 48.5 Å². The first kappa shape index (κ1) is 11.1. The lowest BCUT2D eigenvalue weighted by atomic mass is 10.0. The zero-order valence-electron chi connectivity index (χ0n) is 9.97. The fraction of sp³-hybridized carbons (Fsp3) is 0.125. The molecule has 0 aliphatic heterocycles. The van der Waals surface area contributed by atoms with Crippen LogP contribution in [0.4, 0.5) is 0 Å². The van der Waals surface area contributed by atoms with E-state index in [-0.39, 0.29) is 6.61 Å². The average Bonchev–Trinajstić information content (AvgIpc) is 2.45. The smallest absolute Gasteiger partial charge is 0.127 e. The second-order valence-electron chi connectivity index (χ2n) is 4.21. The minimum Gasteiger partial charge on any atom is -0.491 e. The van der Waals surface area contributed by atoms with Crippen molar-refractivity contribution in [3.63, 3.8) is 0 Å². The second kappa shape index (κ2) is 4.67. The molecule has 0 spiro atoms. The Balaban J connectivity index is 2.32. The average molecular weight is 238 g/mol. The topological polar surface area (TPSA) is 29.5 Å². The monoisotopic (exact) mass is 238 g/mol. The van der Waals surface area contributed by atoms with E-state index >= 15 is 0 Å². The van der Waals surface area contributed by atoms with E-state index < -0.39 is 0 Å². The Morgan fingerprint density at radius 3 is 2.28 bits per heavy atom. The van der Waals surface area contributed by atoms with E-state index in [0.717, 1.165) is 16.5 Å². The van der Waals surface area contributed by atoms with Crippen LogP contribution in [0.25, 0.3) is 21.5 Å². The maximum atomic E-state index is 8.89. The number of rotatable bonds is 3. The van der Waals surface area contributed by atoms with Gasteiger partial charge in [0.2, 0.25) is 0 Å². The van der Waals surface area contributed by atoms with Crippen LogP contribution in [0.5, 0.6) is 5.75 Å². The van der Waals surface area contributed by atoms with E-state index in [2.05, 4.69) is 24.3 Å². The number of benzene rings is 3. The minimum atomic E-state index is 0.0289. The van der Waals surface area contributed by atoms with Crippen molar-refractivity contribution in [1.29, 1.82) is 0 Å². The SMILES string of the molecule is OCCOc1cc2ccccc2c2ccccc12. The maximum absolute atomic E-state index is 8.89. The molecule has 18 heavy (non-hydrogen) atoms. The maximum Gasteiger partial charge on any atom is 0.127 e. The van der Waals surface area contributed by atoms with Crippen molar-refractivity contribution in [2.75, 3.05) is 13.2 Å². The fourth-order valence-corrected chi connectivity index (χ4v) is 2.30. The van der Waals surface area contributed by atoms with Crippen LogP contribution < -0.4 is 4.74 Å². The van der Waals surface area contributed by atoms with Gasteiger partial charge in [-0.2, -0.15) is 0 Å². The molecule has 2 nitrogen and oxygen atoms in total. The zero-order valence-corrected chi connectivity index (χ0v) is 9.97. The molecule has 3 aromatic rings. The standard InChI is InChI=1S/C16H14O2/c17-9-10-18-16-11-12-5-1-2-6-13(12)14-7-3-4-8-15(14)16/h1-8,11,17H,9-10H2. The molecule has 0 unspecified atom stereocenters. The van der Waals surface area contributed by atoms with Crippen LogP contribution >= 0.6 is 0 Å². The van der Waals surface area contributed by atoms with Gasteiger partial charge in [-0.3, -0.25) is 0 Å². The molecule has 0 aliphatic carbocycles. The van der Waals surface area contributed by atoms with Gasteiger partial charge in [-0.05, 0) is 22.2 Å². The van der Waals surface area contributed by atoms with Crippen molar-refractivity contribution < 1.29 is 9.84 Å². The van der Waals surface area contributed by atoms with Crippen LogP contribution in [0, 0.1) is 0 Å². The summed E-state index contributed by atoms with van der Waals surface area (Å²) in [5.74, 6) is 0.832. The third kappa shape index (κ3) is 1.81. The van der Waals surface area contributed by atoms with E-state index in [4.69, 9.17) is 9.84 Å². The van der Waals surface area contributed by atoms with Gasteiger partial charge < -0.3 is 9.84 Å². The van der Waals surface area contributed by atoms with Crippen molar-refractivity contribution in [3.05, 3.63) is 54.6 Å². The molecular formula is C16H14O2. The Hall–Kier alpha value is -2.06. The first-order chi connectivity index (χ1) is 8.90. The summed E-state index contributed by atoms with van der Waals surface area (Å²) in [6, 6.07) is 18.5. The molecule has 0 atom stereocenters. The Morgan fingerprint density at radius 1 is 0.833 bits per heavy atom. The van der Waals surface area contributed by atoms with Crippen molar-refractivity contribution in [2.45, 2.75) is 0 Å². The summed E-state index contributed by atoms with van der Waals surface area (Å²) in [6.45, 7) is 0.351.